The summed E-state index contributed by atoms with van der Waals surface area (Å²) in [4.78, 5) is 22.2. The van der Waals surface area contributed by atoms with Crippen molar-refractivity contribution in [3.05, 3.63) is 85.5 Å². The molecule has 182 valence electrons. The summed E-state index contributed by atoms with van der Waals surface area (Å²) in [6.45, 7) is 6.30. The van der Waals surface area contributed by atoms with Gasteiger partial charge in [-0.2, -0.15) is 5.10 Å². The number of fused-ring (bicyclic) bond motifs is 2. The van der Waals surface area contributed by atoms with Crippen LogP contribution in [0.25, 0.3) is 56.1 Å². The van der Waals surface area contributed by atoms with Gasteiger partial charge in [-0.25, -0.2) is 9.97 Å². The summed E-state index contributed by atoms with van der Waals surface area (Å²) >= 11 is 0. The number of rotatable bonds is 8. The highest BCUT2D eigenvalue weighted by molar-refractivity contribution is 5.95. The highest BCUT2D eigenvalue weighted by Gasteiger charge is 2.17. The molecule has 0 saturated heterocycles. The maximum atomic E-state index is 4.95. The molecule has 5 heterocycles. The van der Waals surface area contributed by atoms with Crippen molar-refractivity contribution in [2.24, 2.45) is 0 Å². The van der Waals surface area contributed by atoms with Crippen LogP contribution in [-0.2, 0) is 0 Å². The monoisotopic (exact) mass is 486 g/mol. The number of hydrogen-bond acceptors (Lipinski definition) is 6. The van der Waals surface area contributed by atoms with E-state index >= 15 is 0 Å². The van der Waals surface area contributed by atoms with Crippen LogP contribution in [0.2, 0.25) is 0 Å². The van der Waals surface area contributed by atoms with Gasteiger partial charge in [-0.1, -0.05) is 38.1 Å². The number of aromatic amines is 2. The lowest BCUT2D eigenvalue weighted by Gasteiger charge is -2.10. The molecule has 6 rings (SSSR count). The number of hydrogen-bond donors (Lipinski definition) is 3. The molecule has 1 aromatic carbocycles. The van der Waals surface area contributed by atoms with Gasteiger partial charge in [0, 0.05) is 29.2 Å². The number of benzene rings is 1. The molecule has 0 saturated carbocycles. The molecule has 0 bridgehead atoms. The Balaban J connectivity index is 1.37. The van der Waals surface area contributed by atoms with E-state index in [1.165, 1.54) is 0 Å². The summed E-state index contributed by atoms with van der Waals surface area (Å²) in [5, 5.41) is 11.0. The van der Waals surface area contributed by atoms with Crippen molar-refractivity contribution in [2.75, 3.05) is 5.32 Å². The van der Waals surface area contributed by atoms with E-state index in [-0.39, 0.29) is 0 Å². The molecule has 5 aromatic heterocycles. The van der Waals surface area contributed by atoms with Gasteiger partial charge >= 0.3 is 0 Å². The number of para-hydroxylation sites is 1. The fourth-order valence-corrected chi connectivity index (χ4v) is 4.40. The lowest BCUT2D eigenvalue weighted by molar-refractivity contribution is 0.791. The van der Waals surface area contributed by atoms with E-state index in [0.717, 1.165) is 75.2 Å². The smallest absolute Gasteiger partial charge is 0.161 e. The average molecular weight is 487 g/mol. The Kier molecular flexibility index (Phi) is 5.90. The van der Waals surface area contributed by atoms with Crippen molar-refractivity contribution < 1.29 is 0 Å². The van der Waals surface area contributed by atoms with Crippen LogP contribution < -0.4 is 5.32 Å². The van der Waals surface area contributed by atoms with Gasteiger partial charge < -0.3 is 10.3 Å². The number of imidazole rings is 1. The van der Waals surface area contributed by atoms with Gasteiger partial charge in [0.1, 0.15) is 5.52 Å². The van der Waals surface area contributed by atoms with Crippen LogP contribution in [0.15, 0.2) is 85.5 Å². The molecule has 0 aliphatic carbocycles. The summed E-state index contributed by atoms with van der Waals surface area (Å²) in [7, 11) is 0. The summed E-state index contributed by atoms with van der Waals surface area (Å²) in [5.74, 6) is 0.648. The Labute approximate surface area is 214 Å². The predicted molar refractivity (Wildman–Crippen MR) is 148 cm³/mol. The molecule has 0 radical (unpaired) electrons. The first kappa shape index (κ1) is 22.6. The van der Waals surface area contributed by atoms with Crippen molar-refractivity contribution in [3.8, 4) is 34.0 Å². The number of allylic oxidation sites excluding steroid dienone is 1. The van der Waals surface area contributed by atoms with Crippen LogP contribution in [0.4, 0.5) is 5.69 Å². The fourth-order valence-electron chi connectivity index (χ4n) is 4.40. The number of aromatic nitrogens is 7. The van der Waals surface area contributed by atoms with Crippen molar-refractivity contribution in [1.29, 1.82) is 0 Å². The van der Waals surface area contributed by atoms with Crippen molar-refractivity contribution in [2.45, 2.75) is 26.2 Å². The van der Waals surface area contributed by atoms with E-state index in [2.05, 4.69) is 44.0 Å². The first-order valence-electron chi connectivity index (χ1n) is 12.4. The van der Waals surface area contributed by atoms with E-state index in [0.29, 0.717) is 11.5 Å². The third-order valence-corrected chi connectivity index (χ3v) is 6.27. The second-order valence-corrected chi connectivity index (χ2v) is 8.96. The standard InChI is InChI=1S/C29H26N8/c1-3-4-8-18(2)32-20-15-19(16-30-17-20)22-12-13-25-27(33-22)28(37-36-25)29-34-24-11-7-9-21(26(24)35-29)23-10-5-6-14-31-23/h5-7,9-17,32H,2-4,8H2,1H3,(H,34,35)(H,36,37). The quantitative estimate of drug-likeness (QED) is 0.220. The minimum atomic E-state index is 0.648. The fraction of sp³-hybridized carbons (Fsp3) is 0.138. The minimum Gasteiger partial charge on any atom is -0.358 e. The summed E-state index contributed by atoms with van der Waals surface area (Å²) in [5.41, 5.74) is 9.41. The highest BCUT2D eigenvalue weighted by atomic mass is 15.1. The van der Waals surface area contributed by atoms with Crippen LogP contribution in [0.5, 0.6) is 0 Å². The van der Waals surface area contributed by atoms with Crippen LogP contribution in [-0.4, -0.2) is 35.1 Å². The third kappa shape index (κ3) is 4.45. The average Bonchev–Trinajstić information content (AvgIpc) is 3.56. The van der Waals surface area contributed by atoms with E-state index in [1.807, 2.05) is 60.8 Å². The number of nitrogens with zero attached hydrogens (tertiary/aromatic N) is 5. The molecule has 0 aliphatic rings. The Morgan fingerprint density at radius 2 is 1.89 bits per heavy atom. The number of pyridine rings is 3. The summed E-state index contributed by atoms with van der Waals surface area (Å²) < 4.78 is 0. The van der Waals surface area contributed by atoms with Gasteiger partial charge in [0.2, 0.25) is 0 Å². The van der Waals surface area contributed by atoms with Crippen molar-refractivity contribution in [3.63, 3.8) is 0 Å². The molecule has 0 aliphatic heterocycles. The second kappa shape index (κ2) is 9.66. The predicted octanol–water partition coefficient (Wildman–Crippen LogP) is 6.74. The van der Waals surface area contributed by atoms with Gasteiger partial charge in [-0.15, -0.1) is 0 Å². The van der Waals surface area contributed by atoms with Crippen LogP contribution >= 0.6 is 0 Å². The number of anilines is 1. The molecular formula is C29H26N8. The highest BCUT2D eigenvalue weighted by Crippen LogP contribution is 2.31. The molecule has 0 unspecified atom stereocenters. The summed E-state index contributed by atoms with van der Waals surface area (Å²) in [6, 6.07) is 17.9. The molecular weight excluding hydrogens is 460 g/mol. The molecule has 3 N–H and O–H groups in total. The molecule has 0 atom stereocenters. The molecule has 37 heavy (non-hydrogen) atoms. The van der Waals surface area contributed by atoms with Crippen molar-refractivity contribution >= 4 is 27.8 Å². The first-order valence-corrected chi connectivity index (χ1v) is 12.4. The van der Waals surface area contributed by atoms with Gasteiger partial charge in [-0.3, -0.25) is 15.1 Å². The van der Waals surface area contributed by atoms with Gasteiger partial charge in [0.05, 0.1) is 39.8 Å². The molecule has 0 fully saturated rings. The SMILES string of the molecule is C=C(CCCC)Nc1cncc(-c2ccc3[nH]nc(-c4nc5c(-c6ccccn6)cccc5[nH]4)c3n2)c1. The zero-order chi connectivity index (χ0) is 25.2. The molecule has 8 nitrogen and oxygen atoms in total. The van der Waals surface area contributed by atoms with Gasteiger partial charge in [0.25, 0.3) is 0 Å². The van der Waals surface area contributed by atoms with Crippen LogP contribution in [0.3, 0.4) is 0 Å². The number of nitrogens with one attached hydrogen (secondary N) is 3. The van der Waals surface area contributed by atoms with E-state index in [1.54, 1.807) is 12.4 Å². The zero-order valence-electron chi connectivity index (χ0n) is 20.5. The summed E-state index contributed by atoms with van der Waals surface area (Å²) in [6.07, 6.45) is 8.57. The molecule has 0 amide bonds. The Hall–Kier alpha value is -4.85. The number of unbranched alkanes of at least 4 members (excludes halogenated alkanes) is 1. The maximum Gasteiger partial charge on any atom is 0.161 e. The van der Waals surface area contributed by atoms with E-state index < -0.39 is 0 Å². The Morgan fingerprint density at radius 3 is 2.76 bits per heavy atom. The number of H-pyrrole nitrogens is 2. The lowest BCUT2D eigenvalue weighted by atomic mass is 10.1. The topological polar surface area (TPSA) is 108 Å². The Bertz CT molecular complexity index is 1710. The van der Waals surface area contributed by atoms with Gasteiger partial charge in [0.15, 0.2) is 11.5 Å². The molecule has 0 spiro atoms. The largest absolute Gasteiger partial charge is 0.358 e. The lowest BCUT2D eigenvalue weighted by Crippen LogP contribution is -1.99. The van der Waals surface area contributed by atoms with Crippen LogP contribution in [0.1, 0.15) is 26.2 Å². The second-order valence-electron chi connectivity index (χ2n) is 8.96. The van der Waals surface area contributed by atoms with E-state index in [4.69, 9.17) is 9.97 Å². The Morgan fingerprint density at radius 1 is 0.946 bits per heavy atom. The molecule has 8 heteroatoms. The maximum absolute atomic E-state index is 4.95. The normalized spacial score (nSPS) is 11.3. The van der Waals surface area contributed by atoms with Gasteiger partial charge in [-0.05, 0) is 49.2 Å². The van der Waals surface area contributed by atoms with Crippen LogP contribution in [0, 0.1) is 0 Å². The third-order valence-electron chi connectivity index (χ3n) is 6.27. The van der Waals surface area contributed by atoms with Crippen molar-refractivity contribution in [1.82, 2.24) is 35.1 Å². The molecule has 6 aromatic rings. The first-order chi connectivity index (χ1) is 18.2. The zero-order valence-corrected chi connectivity index (χ0v) is 20.5. The minimum absolute atomic E-state index is 0.648. The van der Waals surface area contributed by atoms with E-state index in [9.17, 15) is 0 Å².